The van der Waals surface area contributed by atoms with Crippen LogP contribution in [0.1, 0.15) is 55.2 Å². The molecule has 3 rings (SSSR count). The lowest BCUT2D eigenvalue weighted by Gasteiger charge is -2.22. The molecule has 2 aliphatic rings. The summed E-state index contributed by atoms with van der Waals surface area (Å²) in [6, 6.07) is 4.47. The number of phenols is 1. The lowest BCUT2D eigenvalue weighted by molar-refractivity contribution is 0.463. The quantitative estimate of drug-likeness (QED) is 0.594. The van der Waals surface area contributed by atoms with E-state index in [1.54, 1.807) is 0 Å². The maximum Gasteiger partial charge on any atom is 0.191 e. The van der Waals surface area contributed by atoms with E-state index < -0.39 is 0 Å². The molecule has 1 saturated carbocycles. The molecule has 2 aliphatic carbocycles. The van der Waals surface area contributed by atoms with Crippen LogP contribution in [0.4, 0.5) is 0 Å². The van der Waals surface area contributed by atoms with Gasteiger partial charge in [0.25, 0.3) is 0 Å². The van der Waals surface area contributed by atoms with E-state index in [1.807, 2.05) is 13.1 Å². The van der Waals surface area contributed by atoms with Crippen LogP contribution in [0.15, 0.2) is 17.1 Å². The number of guanidine groups is 1. The normalized spacial score (nSPS) is 19.0. The number of nitrogens with one attached hydrogen (secondary N) is 2. The fourth-order valence-corrected chi connectivity index (χ4v) is 3.72. The molecule has 0 radical (unpaired) electrons. The number of hydrogen-bond donors (Lipinski definition) is 3. The van der Waals surface area contributed by atoms with Gasteiger partial charge in [-0.15, -0.1) is 0 Å². The van der Waals surface area contributed by atoms with Crippen molar-refractivity contribution in [1.29, 1.82) is 0 Å². The van der Waals surface area contributed by atoms with E-state index in [-0.39, 0.29) is 0 Å². The minimum Gasteiger partial charge on any atom is -0.508 e. The van der Waals surface area contributed by atoms with E-state index >= 15 is 0 Å². The highest BCUT2D eigenvalue weighted by Crippen LogP contribution is 2.30. The van der Waals surface area contributed by atoms with Crippen LogP contribution in [-0.4, -0.2) is 24.2 Å². The molecule has 0 unspecified atom stereocenters. The van der Waals surface area contributed by atoms with Gasteiger partial charge in [-0.3, -0.25) is 4.99 Å². The lowest BCUT2D eigenvalue weighted by Crippen LogP contribution is -2.42. The third kappa shape index (κ3) is 3.37. The molecule has 4 nitrogen and oxygen atoms in total. The zero-order chi connectivity index (χ0) is 15.4. The van der Waals surface area contributed by atoms with Crippen LogP contribution in [0, 0.1) is 0 Å². The van der Waals surface area contributed by atoms with Crippen molar-refractivity contribution >= 4 is 5.96 Å². The SMILES string of the molecule is CN=C(NCc1c(O)ccc2c1CCCC2)NC1CCCC1. The molecule has 0 atom stereocenters. The van der Waals surface area contributed by atoms with Gasteiger partial charge in [-0.1, -0.05) is 18.9 Å². The predicted octanol–water partition coefficient (Wildman–Crippen LogP) is 2.88. The summed E-state index contributed by atoms with van der Waals surface area (Å²) in [4.78, 5) is 4.32. The summed E-state index contributed by atoms with van der Waals surface area (Å²) in [7, 11) is 1.81. The predicted molar refractivity (Wildman–Crippen MR) is 90.3 cm³/mol. The number of rotatable bonds is 3. The Labute approximate surface area is 133 Å². The van der Waals surface area contributed by atoms with Gasteiger partial charge in [-0.2, -0.15) is 0 Å². The topological polar surface area (TPSA) is 56.7 Å². The molecule has 1 fully saturated rings. The fraction of sp³-hybridized carbons (Fsp3) is 0.611. The molecule has 0 aliphatic heterocycles. The monoisotopic (exact) mass is 301 g/mol. The second kappa shape index (κ2) is 7.03. The van der Waals surface area contributed by atoms with Crippen molar-refractivity contribution in [2.75, 3.05) is 7.05 Å². The van der Waals surface area contributed by atoms with Gasteiger partial charge in [0.05, 0.1) is 0 Å². The number of aryl methyl sites for hydroxylation is 1. The van der Waals surface area contributed by atoms with E-state index in [4.69, 9.17) is 0 Å². The molecule has 0 saturated heterocycles. The summed E-state index contributed by atoms with van der Waals surface area (Å²) >= 11 is 0. The first-order valence-corrected chi connectivity index (χ1v) is 8.57. The first-order valence-electron chi connectivity index (χ1n) is 8.57. The average molecular weight is 301 g/mol. The van der Waals surface area contributed by atoms with Crippen LogP contribution in [0.3, 0.4) is 0 Å². The van der Waals surface area contributed by atoms with Crippen molar-refractivity contribution in [2.45, 2.75) is 64.0 Å². The van der Waals surface area contributed by atoms with Gasteiger partial charge in [0.1, 0.15) is 5.75 Å². The number of fused-ring (bicyclic) bond motifs is 1. The Morgan fingerprint density at radius 3 is 2.73 bits per heavy atom. The molecule has 0 spiro atoms. The lowest BCUT2D eigenvalue weighted by atomic mass is 9.88. The molecule has 3 N–H and O–H groups in total. The number of aliphatic imine (C=N–C) groups is 1. The van der Waals surface area contributed by atoms with Crippen LogP contribution in [-0.2, 0) is 19.4 Å². The van der Waals surface area contributed by atoms with Crippen molar-refractivity contribution in [3.8, 4) is 5.75 Å². The molecular weight excluding hydrogens is 274 g/mol. The third-order valence-corrected chi connectivity index (χ3v) is 4.98. The molecule has 0 heterocycles. The van der Waals surface area contributed by atoms with Crippen molar-refractivity contribution < 1.29 is 5.11 Å². The smallest absolute Gasteiger partial charge is 0.191 e. The van der Waals surface area contributed by atoms with E-state index in [9.17, 15) is 5.11 Å². The van der Waals surface area contributed by atoms with Crippen molar-refractivity contribution in [2.24, 2.45) is 4.99 Å². The van der Waals surface area contributed by atoms with Crippen LogP contribution in [0.2, 0.25) is 0 Å². The van der Waals surface area contributed by atoms with Gasteiger partial charge < -0.3 is 15.7 Å². The maximum absolute atomic E-state index is 10.2. The van der Waals surface area contributed by atoms with Crippen molar-refractivity contribution in [3.05, 3.63) is 28.8 Å². The molecule has 0 aromatic heterocycles. The summed E-state index contributed by atoms with van der Waals surface area (Å²) in [6.45, 7) is 0.640. The summed E-state index contributed by atoms with van der Waals surface area (Å²) in [5.41, 5.74) is 3.79. The van der Waals surface area contributed by atoms with Gasteiger partial charge in [-0.25, -0.2) is 0 Å². The Morgan fingerprint density at radius 1 is 1.18 bits per heavy atom. The van der Waals surface area contributed by atoms with Crippen LogP contribution in [0.5, 0.6) is 5.75 Å². The number of benzene rings is 1. The minimum atomic E-state index is 0.407. The Hall–Kier alpha value is -1.71. The Balaban J connectivity index is 1.67. The molecule has 1 aromatic rings. The first kappa shape index (κ1) is 15.2. The minimum absolute atomic E-state index is 0.407. The number of aromatic hydroxyl groups is 1. The standard InChI is InChI=1S/C18H27N3O/c1-19-18(21-14-7-3-4-8-14)20-12-16-15-9-5-2-6-13(15)10-11-17(16)22/h10-11,14,22H,2-9,12H2,1H3,(H2,19,20,21). The highest BCUT2D eigenvalue weighted by molar-refractivity contribution is 5.80. The zero-order valence-electron chi connectivity index (χ0n) is 13.5. The molecule has 22 heavy (non-hydrogen) atoms. The molecule has 0 amide bonds. The highest BCUT2D eigenvalue weighted by atomic mass is 16.3. The number of nitrogens with zero attached hydrogens (tertiary/aromatic N) is 1. The Kier molecular flexibility index (Phi) is 4.86. The van der Waals surface area contributed by atoms with Gasteiger partial charge in [-0.05, 0) is 55.7 Å². The molecular formula is C18H27N3O. The van der Waals surface area contributed by atoms with Gasteiger partial charge in [0, 0.05) is 25.2 Å². The molecule has 1 aromatic carbocycles. The molecule has 120 valence electrons. The van der Waals surface area contributed by atoms with E-state index in [0.29, 0.717) is 18.3 Å². The van der Waals surface area contributed by atoms with E-state index in [2.05, 4.69) is 21.7 Å². The molecule has 0 bridgehead atoms. The van der Waals surface area contributed by atoms with Gasteiger partial charge in [0.15, 0.2) is 5.96 Å². The zero-order valence-corrected chi connectivity index (χ0v) is 13.5. The summed E-state index contributed by atoms with van der Waals surface area (Å²) in [5, 5.41) is 17.1. The van der Waals surface area contributed by atoms with Crippen molar-refractivity contribution in [3.63, 3.8) is 0 Å². The second-order valence-corrected chi connectivity index (χ2v) is 6.46. The Morgan fingerprint density at radius 2 is 1.95 bits per heavy atom. The first-order chi connectivity index (χ1) is 10.8. The third-order valence-electron chi connectivity index (χ3n) is 4.98. The Bertz CT molecular complexity index is 548. The van der Waals surface area contributed by atoms with Gasteiger partial charge in [0.2, 0.25) is 0 Å². The average Bonchev–Trinajstić information content (AvgIpc) is 3.05. The van der Waals surface area contributed by atoms with Gasteiger partial charge >= 0.3 is 0 Å². The maximum atomic E-state index is 10.2. The summed E-state index contributed by atoms with van der Waals surface area (Å²) in [6.07, 6.45) is 9.77. The van der Waals surface area contributed by atoms with Crippen LogP contribution in [0.25, 0.3) is 0 Å². The fourth-order valence-electron chi connectivity index (χ4n) is 3.72. The van der Waals surface area contributed by atoms with E-state index in [0.717, 1.165) is 24.4 Å². The largest absolute Gasteiger partial charge is 0.508 e. The molecule has 4 heteroatoms. The summed E-state index contributed by atoms with van der Waals surface area (Å²) in [5.74, 6) is 1.25. The summed E-state index contributed by atoms with van der Waals surface area (Å²) < 4.78 is 0. The van der Waals surface area contributed by atoms with Crippen LogP contribution < -0.4 is 10.6 Å². The number of phenolic OH excluding ortho intramolecular Hbond substituents is 1. The van der Waals surface area contributed by atoms with Crippen molar-refractivity contribution in [1.82, 2.24) is 10.6 Å². The highest BCUT2D eigenvalue weighted by Gasteiger charge is 2.18. The van der Waals surface area contributed by atoms with E-state index in [1.165, 1.54) is 49.7 Å². The number of hydrogen-bond acceptors (Lipinski definition) is 2. The van der Waals surface area contributed by atoms with Crippen LogP contribution >= 0.6 is 0 Å². The second-order valence-electron chi connectivity index (χ2n) is 6.46.